The lowest BCUT2D eigenvalue weighted by atomic mass is 10.1. The van der Waals surface area contributed by atoms with Crippen LogP contribution in [0.3, 0.4) is 0 Å². The summed E-state index contributed by atoms with van der Waals surface area (Å²) in [5.74, 6) is 2.33. The first-order chi connectivity index (χ1) is 15.6. The molecule has 5 rings (SSSR count). The summed E-state index contributed by atoms with van der Waals surface area (Å²) >= 11 is 1.56. The average molecular weight is 448 g/mol. The highest BCUT2D eigenvalue weighted by atomic mass is 32.1. The van der Waals surface area contributed by atoms with Crippen LogP contribution < -0.4 is 15.0 Å². The number of benzene rings is 2. The molecule has 0 atom stereocenters. The molecule has 4 aromatic rings. The van der Waals surface area contributed by atoms with Gasteiger partial charge in [0.25, 0.3) is 5.56 Å². The Labute approximate surface area is 190 Å². The number of fused-ring (bicyclic) bond motifs is 1. The minimum absolute atomic E-state index is 0.0851. The molecule has 1 saturated carbocycles. The van der Waals surface area contributed by atoms with E-state index in [1.165, 1.54) is 0 Å². The second-order valence-electron chi connectivity index (χ2n) is 8.02. The van der Waals surface area contributed by atoms with E-state index in [1.807, 2.05) is 42.5 Å². The van der Waals surface area contributed by atoms with E-state index in [-0.39, 0.29) is 5.56 Å². The van der Waals surface area contributed by atoms with Crippen LogP contribution >= 0.6 is 11.3 Å². The number of nitrogens with zero attached hydrogens (tertiary/aromatic N) is 2. The number of ether oxygens (including phenoxy) is 2. The zero-order valence-corrected chi connectivity index (χ0v) is 18.9. The second-order valence-corrected chi connectivity index (χ2v) is 9.05. The first-order valence-electron chi connectivity index (χ1n) is 10.7. The van der Waals surface area contributed by atoms with Gasteiger partial charge in [-0.25, -0.2) is 4.98 Å². The molecule has 2 aromatic carbocycles. The van der Waals surface area contributed by atoms with Crippen molar-refractivity contribution in [2.75, 3.05) is 14.2 Å². The largest absolute Gasteiger partial charge is 0.497 e. The van der Waals surface area contributed by atoms with E-state index in [0.717, 1.165) is 45.2 Å². The molecule has 1 aliphatic carbocycles. The van der Waals surface area contributed by atoms with Crippen molar-refractivity contribution in [1.29, 1.82) is 0 Å². The Morgan fingerprint density at radius 3 is 2.59 bits per heavy atom. The predicted molar refractivity (Wildman–Crippen MR) is 127 cm³/mol. The van der Waals surface area contributed by atoms with E-state index >= 15 is 0 Å². The number of H-pyrrole nitrogens is 1. The Bertz CT molecular complexity index is 1300. The Morgan fingerprint density at radius 1 is 1.06 bits per heavy atom. The van der Waals surface area contributed by atoms with Gasteiger partial charge in [-0.15, -0.1) is 11.3 Å². The van der Waals surface area contributed by atoms with Crippen molar-refractivity contribution in [2.24, 2.45) is 0 Å². The van der Waals surface area contributed by atoms with E-state index in [9.17, 15) is 4.79 Å². The van der Waals surface area contributed by atoms with E-state index < -0.39 is 0 Å². The summed E-state index contributed by atoms with van der Waals surface area (Å²) in [6.07, 6.45) is 2.30. The third-order valence-electron chi connectivity index (χ3n) is 5.79. The number of aromatic amines is 1. The number of nitrogens with one attached hydrogen (secondary N) is 1. The Morgan fingerprint density at radius 2 is 1.88 bits per heavy atom. The zero-order valence-electron chi connectivity index (χ0n) is 18.1. The molecule has 0 spiro atoms. The Balaban J connectivity index is 1.44. The fourth-order valence-corrected chi connectivity index (χ4v) is 5.02. The first kappa shape index (κ1) is 20.7. The van der Waals surface area contributed by atoms with Crippen LogP contribution in [0.25, 0.3) is 20.7 Å². The van der Waals surface area contributed by atoms with Gasteiger partial charge in [-0.3, -0.25) is 9.69 Å². The van der Waals surface area contributed by atoms with Crippen LogP contribution in [0.4, 0.5) is 0 Å². The standard InChI is InChI=1S/C25H25N3O3S/c1-30-19-10-11-21(31-2)17(12-19)14-28(18-8-9-18)15-23-26-24(29)20-13-22(32-25(20)27-23)16-6-4-3-5-7-16/h3-7,10-13,18H,8-9,14-15H2,1-2H3,(H,26,27,29). The van der Waals surface area contributed by atoms with Gasteiger partial charge in [0, 0.05) is 23.0 Å². The highest BCUT2D eigenvalue weighted by Gasteiger charge is 2.30. The van der Waals surface area contributed by atoms with Gasteiger partial charge in [-0.05, 0) is 42.7 Å². The molecule has 32 heavy (non-hydrogen) atoms. The number of hydrogen-bond acceptors (Lipinski definition) is 6. The van der Waals surface area contributed by atoms with Crippen LogP contribution in [-0.4, -0.2) is 35.1 Å². The van der Waals surface area contributed by atoms with Gasteiger partial charge in [0.2, 0.25) is 0 Å². The number of aromatic nitrogens is 2. The lowest BCUT2D eigenvalue weighted by molar-refractivity contribution is 0.235. The lowest BCUT2D eigenvalue weighted by Crippen LogP contribution is -2.27. The van der Waals surface area contributed by atoms with Crippen LogP contribution in [-0.2, 0) is 13.1 Å². The third kappa shape index (κ3) is 4.26. The highest BCUT2D eigenvalue weighted by Crippen LogP contribution is 2.34. The number of rotatable bonds is 8. The van der Waals surface area contributed by atoms with Crippen LogP contribution in [0.2, 0.25) is 0 Å². The maximum absolute atomic E-state index is 12.8. The van der Waals surface area contributed by atoms with Gasteiger partial charge >= 0.3 is 0 Å². The van der Waals surface area contributed by atoms with Crippen LogP contribution in [0.1, 0.15) is 24.2 Å². The SMILES string of the molecule is COc1ccc(OC)c(CN(Cc2nc3sc(-c4ccccc4)cc3c(=O)[nH]2)C2CC2)c1. The minimum atomic E-state index is -0.0851. The number of hydrogen-bond donors (Lipinski definition) is 1. The molecule has 1 aliphatic rings. The van der Waals surface area contributed by atoms with Crippen LogP contribution in [0.5, 0.6) is 11.5 Å². The summed E-state index contributed by atoms with van der Waals surface area (Å²) in [7, 11) is 3.35. The van der Waals surface area contributed by atoms with E-state index in [1.54, 1.807) is 25.6 Å². The molecule has 2 aromatic heterocycles. The molecule has 0 aliphatic heterocycles. The molecular weight excluding hydrogens is 422 g/mol. The van der Waals surface area contributed by atoms with Gasteiger partial charge in [-0.1, -0.05) is 30.3 Å². The molecule has 0 amide bonds. The molecule has 7 heteroatoms. The fourth-order valence-electron chi connectivity index (χ4n) is 3.97. The van der Waals surface area contributed by atoms with Crippen molar-refractivity contribution in [3.8, 4) is 21.9 Å². The van der Waals surface area contributed by atoms with E-state index in [2.05, 4.69) is 22.0 Å². The van der Waals surface area contributed by atoms with Gasteiger partial charge in [0.1, 0.15) is 22.2 Å². The topological polar surface area (TPSA) is 67.5 Å². The third-order valence-corrected chi connectivity index (χ3v) is 6.86. The minimum Gasteiger partial charge on any atom is -0.497 e. The number of methoxy groups -OCH3 is 2. The molecule has 0 bridgehead atoms. The Kier molecular flexibility index (Phi) is 5.68. The van der Waals surface area contributed by atoms with E-state index in [0.29, 0.717) is 30.3 Å². The monoisotopic (exact) mass is 447 g/mol. The summed E-state index contributed by atoms with van der Waals surface area (Å²) in [5, 5.41) is 0.644. The summed E-state index contributed by atoms with van der Waals surface area (Å²) in [6.45, 7) is 1.28. The number of thiophene rings is 1. The van der Waals surface area contributed by atoms with Crippen molar-refractivity contribution in [3.05, 3.63) is 76.3 Å². The summed E-state index contributed by atoms with van der Waals surface area (Å²) in [6, 6.07) is 18.4. The molecule has 164 valence electrons. The predicted octanol–water partition coefficient (Wildman–Crippen LogP) is 4.83. The summed E-state index contributed by atoms with van der Waals surface area (Å²) in [5.41, 5.74) is 2.07. The fraction of sp³-hybridized carbons (Fsp3) is 0.280. The molecule has 6 nitrogen and oxygen atoms in total. The molecule has 0 unspecified atom stereocenters. The lowest BCUT2D eigenvalue weighted by Gasteiger charge is -2.23. The average Bonchev–Trinajstić information content (AvgIpc) is 3.58. The van der Waals surface area contributed by atoms with Gasteiger partial charge < -0.3 is 14.5 Å². The quantitative estimate of drug-likeness (QED) is 0.419. The molecular formula is C25H25N3O3S. The van der Waals surface area contributed by atoms with Crippen molar-refractivity contribution in [2.45, 2.75) is 32.0 Å². The molecule has 1 N–H and O–H groups in total. The van der Waals surface area contributed by atoms with Gasteiger partial charge in [-0.2, -0.15) is 0 Å². The molecule has 2 heterocycles. The zero-order chi connectivity index (χ0) is 22.1. The van der Waals surface area contributed by atoms with Gasteiger partial charge in [0.15, 0.2) is 0 Å². The van der Waals surface area contributed by atoms with Crippen molar-refractivity contribution < 1.29 is 9.47 Å². The maximum atomic E-state index is 12.8. The molecule has 0 radical (unpaired) electrons. The summed E-state index contributed by atoms with van der Waals surface area (Å²) < 4.78 is 11.0. The van der Waals surface area contributed by atoms with Crippen molar-refractivity contribution in [1.82, 2.24) is 14.9 Å². The highest BCUT2D eigenvalue weighted by molar-refractivity contribution is 7.21. The molecule has 0 saturated heterocycles. The first-order valence-corrected chi connectivity index (χ1v) is 11.5. The van der Waals surface area contributed by atoms with E-state index in [4.69, 9.17) is 14.5 Å². The summed E-state index contributed by atoms with van der Waals surface area (Å²) in [4.78, 5) is 24.8. The normalized spacial score (nSPS) is 13.6. The smallest absolute Gasteiger partial charge is 0.259 e. The van der Waals surface area contributed by atoms with Crippen LogP contribution in [0.15, 0.2) is 59.4 Å². The van der Waals surface area contributed by atoms with Crippen LogP contribution in [0, 0.1) is 0 Å². The molecule has 1 fully saturated rings. The van der Waals surface area contributed by atoms with Gasteiger partial charge in [0.05, 0.1) is 26.2 Å². The van der Waals surface area contributed by atoms with Crippen molar-refractivity contribution >= 4 is 21.6 Å². The maximum Gasteiger partial charge on any atom is 0.259 e. The van der Waals surface area contributed by atoms with Crippen molar-refractivity contribution in [3.63, 3.8) is 0 Å². The Hall–Kier alpha value is -3.16. The second kappa shape index (κ2) is 8.76.